The average Bonchev–Trinajstić information content (AvgIpc) is 2.23. The van der Waals surface area contributed by atoms with Crippen LogP contribution in [0.3, 0.4) is 0 Å². The largest absolute Gasteiger partial charge is 0.395 e. The molecule has 1 aromatic heterocycles. The smallest absolute Gasteiger partial charge is 0.0587 e. The van der Waals surface area contributed by atoms with E-state index >= 15 is 0 Å². The Morgan fingerprint density at radius 3 is 2.28 bits per heavy atom. The number of aromatic nitrogens is 1. The van der Waals surface area contributed by atoms with Gasteiger partial charge in [0.15, 0.2) is 0 Å². The lowest BCUT2D eigenvalue weighted by Gasteiger charge is -2.26. The van der Waals surface area contributed by atoms with E-state index in [2.05, 4.69) is 51.0 Å². The fourth-order valence-electron chi connectivity index (χ4n) is 2.55. The third-order valence-corrected chi connectivity index (χ3v) is 3.48. The van der Waals surface area contributed by atoms with Crippen molar-refractivity contribution in [2.24, 2.45) is 5.92 Å². The standard InChI is InChI=1S/C15H26N2O/c1-9(2)14(8-18)17-13(6)15-10(3)7-11(4)16-12(15)5/h7,9,13-14,17-18H,8H2,1-6H3. The van der Waals surface area contributed by atoms with Gasteiger partial charge in [-0.25, -0.2) is 0 Å². The van der Waals surface area contributed by atoms with Crippen LogP contribution in [0.4, 0.5) is 0 Å². The zero-order valence-electron chi connectivity index (χ0n) is 12.4. The lowest BCUT2D eigenvalue weighted by atomic mass is 9.97. The minimum Gasteiger partial charge on any atom is -0.395 e. The molecule has 0 bridgehead atoms. The van der Waals surface area contributed by atoms with Gasteiger partial charge in [0.25, 0.3) is 0 Å². The van der Waals surface area contributed by atoms with E-state index in [1.807, 2.05) is 6.92 Å². The van der Waals surface area contributed by atoms with Gasteiger partial charge in [-0.15, -0.1) is 0 Å². The molecule has 3 nitrogen and oxygen atoms in total. The van der Waals surface area contributed by atoms with E-state index < -0.39 is 0 Å². The summed E-state index contributed by atoms with van der Waals surface area (Å²) in [5, 5.41) is 12.9. The Labute approximate surface area is 111 Å². The van der Waals surface area contributed by atoms with Crippen molar-refractivity contribution in [3.05, 3.63) is 28.6 Å². The Kier molecular flexibility index (Phi) is 5.29. The number of aliphatic hydroxyl groups excluding tert-OH is 1. The number of nitrogens with one attached hydrogen (secondary N) is 1. The summed E-state index contributed by atoms with van der Waals surface area (Å²) >= 11 is 0. The molecule has 0 saturated heterocycles. The zero-order chi connectivity index (χ0) is 13.9. The van der Waals surface area contributed by atoms with Crippen molar-refractivity contribution in [3.8, 4) is 0 Å². The van der Waals surface area contributed by atoms with E-state index in [4.69, 9.17) is 0 Å². The molecule has 0 saturated carbocycles. The first kappa shape index (κ1) is 15.1. The van der Waals surface area contributed by atoms with Gasteiger partial charge in [0.1, 0.15) is 0 Å². The fraction of sp³-hybridized carbons (Fsp3) is 0.667. The van der Waals surface area contributed by atoms with Gasteiger partial charge in [0, 0.05) is 23.5 Å². The van der Waals surface area contributed by atoms with Gasteiger partial charge in [0.05, 0.1) is 6.61 Å². The molecule has 1 rings (SSSR count). The summed E-state index contributed by atoms with van der Waals surface area (Å²) in [5.74, 6) is 0.413. The van der Waals surface area contributed by atoms with Crippen molar-refractivity contribution in [1.82, 2.24) is 10.3 Å². The molecule has 102 valence electrons. The van der Waals surface area contributed by atoms with Gasteiger partial charge >= 0.3 is 0 Å². The summed E-state index contributed by atoms with van der Waals surface area (Å²) in [6, 6.07) is 2.45. The van der Waals surface area contributed by atoms with Crippen LogP contribution in [-0.2, 0) is 0 Å². The van der Waals surface area contributed by atoms with Crippen LogP contribution >= 0.6 is 0 Å². The Morgan fingerprint density at radius 1 is 1.22 bits per heavy atom. The van der Waals surface area contributed by atoms with Crippen molar-refractivity contribution in [1.29, 1.82) is 0 Å². The minimum absolute atomic E-state index is 0.125. The molecule has 18 heavy (non-hydrogen) atoms. The fourth-order valence-corrected chi connectivity index (χ4v) is 2.55. The topological polar surface area (TPSA) is 45.1 Å². The van der Waals surface area contributed by atoms with Crippen LogP contribution in [0.25, 0.3) is 0 Å². The molecule has 0 radical (unpaired) electrons. The molecule has 2 N–H and O–H groups in total. The molecular weight excluding hydrogens is 224 g/mol. The average molecular weight is 250 g/mol. The van der Waals surface area contributed by atoms with Crippen LogP contribution in [0, 0.1) is 26.7 Å². The molecule has 0 fully saturated rings. The van der Waals surface area contributed by atoms with E-state index in [0.717, 1.165) is 11.4 Å². The van der Waals surface area contributed by atoms with Crippen LogP contribution < -0.4 is 5.32 Å². The molecule has 0 amide bonds. The molecule has 2 atom stereocenters. The molecule has 0 aliphatic carbocycles. The summed E-state index contributed by atoms with van der Waals surface area (Å²) in [5.41, 5.74) is 4.65. The number of rotatable bonds is 5. The monoisotopic (exact) mass is 250 g/mol. The van der Waals surface area contributed by atoms with Crippen molar-refractivity contribution < 1.29 is 5.11 Å². The van der Waals surface area contributed by atoms with Gasteiger partial charge in [0.2, 0.25) is 0 Å². The number of pyridine rings is 1. The normalized spacial score (nSPS) is 14.9. The number of hydrogen-bond acceptors (Lipinski definition) is 3. The van der Waals surface area contributed by atoms with Crippen molar-refractivity contribution in [2.45, 2.75) is 53.6 Å². The Morgan fingerprint density at radius 2 is 1.83 bits per heavy atom. The Hall–Kier alpha value is -0.930. The molecule has 0 aliphatic rings. The first-order valence-electron chi connectivity index (χ1n) is 6.68. The van der Waals surface area contributed by atoms with E-state index in [-0.39, 0.29) is 18.7 Å². The maximum atomic E-state index is 9.40. The van der Waals surface area contributed by atoms with Crippen LogP contribution in [-0.4, -0.2) is 22.7 Å². The van der Waals surface area contributed by atoms with E-state index in [1.165, 1.54) is 11.1 Å². The predicted molar refractivity (Wildman–Crippen MR) is 75.7 cm³/mol. The summed E-state index contributed by atoms with van der Waals surface area (Å²) < 4.78 is 0. The maximum Gasteiger partial charge on any atom is 0.0587 e. The Balaban J connectivity index is 2.94. The third kappa shape index (κ3) is 3.53. The summed E-state index contributed by atoms with van der Waals surface area (Å²) in [6.07, 6.45) is 0. The van der Waals surface area contributed by atoms with E-state index in [1.54, 1.807) is 0 Å². The van der Waals surface area contributed by atoms with Crippen molar-refractivity contribution >= 4 is 0 Å². The quantitative estimate of drug-likeness (QED) is 0.844. The third-order valence-electron chi connectivity index (χ3n) is 3.48. The first-order chi connectivity index (χ1) is 8.36. The molecule has 0 aliphatic heterocycles. The molecule has 0 spiro atoms. The highest BCUT2D eigenvalue weighted by Gasteiger charge is 2.18. The van der Waals surface area contributed by atoms with Crippen molar-refractivity contribution in [2.75, 3.05) is 6.61 Å². The van der Waals surface area contributed by atoms with E-state index in [9.17, 15) is 5.11 Å². The minimum atomic E-state index is 0.125. The zero-order valence-corrected chi connectivity index (χ0v) is 12.4. The first-order valence-corrected chi connectivity index (χ1v) is 6.68. The van der Waals surface area contributed by atoms with Crippen LogP contribution in [0.1, 0.15) is 49.3 Å². The summed E-state index contributed by atoms with van der Waals surface area (Å²) in [6.45, 7) is 12.7. The van der Waals surface area contributed by atoms with Crippen molar-refractivity contribution in [3.63, 3.8) is 0 Å². The molecule has 3 heteroatoms. The van der Waals surface area contributed by atoms with Gasteiger partial charge < -0.3 is 10.4 Å². The highest BCUT2D eigenvalue weighted by Crippen LogP contribution is 2.22. The SMILES string of the molecule is Cc1cc(C)c(C(C)NC(CO)C(C)C)c(C)n1. The second-order valence-electron chi connectivity index (χ2n) is 5.50. The number of aliphatic hydroxyl groups is 1. The lowest BCUT2D eigenvalue weighted by molar-refractivity contribution is 0.201. The second-order valence-corrected chi connectivity index (χ2v) is 5.50. The van der Waals surface area contributed by atoms with Gasteiger partial charge in [-0.2, -0.15) is 0 Å². The summed E-state index contributed by atoms with van der Waals surface area (Å²) in [7, 11) is 0. The number of hydrogen-bond donors (Lipinski definition) is 2. The highest BCUT2D eigenvalue weighted by atomic mass is 16.3. The molecule has 0 aromatic carbocycles. The van der Waals surface area contributed by atoms with E-state index in [0.29, 0.717) is 5.92 Å². The van der Waals surface area contributed by atoms with Gasteiger partial charge in [-0.3, -0.25) is 4.98 Å². The Bertz CT molecular complexity index is 378. The molecule has 2 unspecified atom stereocenters. The van der Waals surface area contributed by atoms with Crippen LogP contribution in [0.5, 0.6) is 0 Å². The molecular formula is C15H26N2O. The van der Waals surface area contributed by atoms with Gasteiger partial charge in [-0.05, 0) is 50.8 Å². The highest BCUT2D eigenvalue weighted by molar-refractivity contribution is 5.33. The number of aryl methyl sites for hydroxylation is 3. The predicted octanol–water partition coefficient (Wildman–Crippen LogP) is 2.67. The maximum absolute atomic E-state index is 9.40. The summed E-state index contributed by atoms with van der Waals surface area (Å²) in [4.78, 5) is 4.53. The number of nitrogens with zero attached hydrogens (tertiary/aromatic N) is 1. The van der Waals surface area contributed by atoms with Crippen LogP contribution in [0.15, 0.2) is 6.07 Å². The second kappa shape index (κ2) is 6.30. The molecule has 1 heterocycles. The molecule has 1 aromatic rings. The van der Waals surface area contributed by atoms with Crippen LogP contribution in [0.2, 0.25) is 0 Å². The van der Waals surface area contributed by atoms with Gasteiger partial charge in [-0.1, -0.05) is 13.8 Å². The lowest BCUT2D eigenvalue weighted by Crippen LogP contribution is -2.39.